The molecule has 1 fully saturated rings. The van der Waals surface area contributed by atoms with Gasteiger partial charge in [0.2, 0.25) is 0 Å². The van der Waals surface area contributed by atoms with Crippen LogP contribution in [0.25, 0.3) is 0 Å². The van der Waals surface area contributed by atoms with Gasteiger partial charge in [0.1, 0.15) is 12.6 Å². The molecule has 18 nitrogen and oxygen atoms in total. The summed E-state index contributed by atoms with van der Waals surface area (Å²) in [7, 11) is -9.40. The van der Waals surface area contributed by atoms with E-state index < -0.39 is 89.9 Å². The first-order valence-corrected chi connectivity index (χ1v) is 15.8. The van der Waals surface area contributed by atoms with E-state index >= 15 is 0 Å². The second-order valence-electron chi connectivity index (χ2n) is 9.65. The summed E-state index contributed by atoms with van der Waals surface area (Å²) >= 11 is 0. The van der Waals surface area contributed by atoms with Gasteiger partial charge in [-0.25, -0.2) is 0 Å². The minimum atomic E-state index is -4.70. The van der Waals surface area contributed by atoms with Gasteiger partial charge >= 0.3 is 39.1 Å². The number of carboxylic acid groups (broad SMARTS) is 4. The molecule has 0 unspecified atom stereocenters. The van der Waals surface area contributed by atoms with Crippen LogP contribution in [-0.2, 0) is 28.3 Å². The van der Waals surface area contributed by atoms with Crippen molar-refractivity contribution in [2.24, 2.45) is 0 Å². The Morgan fingerprint density at radius 1 is 0.561 bits per heavy atom. The van der Waals surface area contributed by atoms with E-state index in [9.17, 15) is 47.9 Å². The van der Waals surface area contributed by atoms with Crippen LogP contribution >= 0.6 is 15.2 Å². The first-order valence-electron chi connectivity index (χ1n) is 12.3. The van der Waals surface area contributed by atoms with Gasteiger partial charge in [0, 0.05) is 78.7 Å². The smallest absolute Gasteiger partial charge is 0.339 e. The number of nitrogens with zero attached hydrogens (tertiary/aromatic N) is 4. The first-order chi connectivity index (χ1) is 18.4. The molecular formula is C20H38N4O14P2Sm. The molecule has 0 heterocycles. The molecule has 41 heavy (non-hydrogen) atoms. The van der Waals surface area contributed by atoms with Crippen LogP contribution in [0.3, 0.4) is 0 Å². The number of aliphatic carboxylic acids is 4. The topological polar surface area (TPSA) is 277 Å². The van der Waals surface area contributed by atoms with Gasteiger partial charge in [0.25, 0.3) is 0 Å². The summed E-state index contributed by atoms with van der Waals surface area (Å²) in [6.07, 6.45) is 0.315. The second kappa shape index (κ2) is 18.9. The summed E-state index contributed by atoms with van der Waals surface area (Å²) in [5, 5.41) is 36.4. The predicted molar refractivity (Wildman–Crippen MR) is 137 cm³/mol. The largest absolute Gasteiger partial charge is 0.480 e. The van der Waals surface area contributed by atoms with Crippen molar-refractivity contribution in [1.29, 1.82) is 0 Å². The zero-order chi connectivity index (χ0) is 30.7. The van der Waals surface area contributed by atoms with Crippen molar-refractivity contribution in [3.05, 3.63) is 0 Å². The first kappa shape index (κ1) is 40.4. The Labute approximate surface area is 268 Å². The molecule has 1 aliphatic carbocycles. The Morgan fingerprint density at radius 2 is 0.829 bits per heavy atom. The molecule has 1 saturated carbocycles. The second-order valence-corrected chi connectivity index (χ2v) is 12.9. The standard InChI is InChI=1S/C20H38N4O14P2.Sm/c25-17(26)9-21(10-18(27)28)5-7-23(13-39(33,34)35)15-3-1-2-4-16(15)24(14-40(36,37)38)8-6-22(11-19(29)30)12-20(31)32;/h15-16H,1-14H2,(H,25,26)(H,27,28)(H,29,30)(H,31,32)(H2,33,34,35)(H2,36,37,38);/t15-,16-;/m1./s1/i;1+3. The molecule has 238 valence electrons. The summed E-state index contributed by atoms with van der Waals surface area (Å²) in [6, 6.07) is -1.39. The maximum absolute atomic E-state index is 12.0. The van der Waals surface area contributed by atoms with Gasteiger partial charge in [-0.05, 0) is 12.8 Å². The third kappa shape index (κ3) is 18.6. The molecule has 0 aromatic rings. The molecule has 0 spiro atoms. The number of rotatable bonds is 20. The van der Waals surface area contributed by atoms with Gasteiger partial charge in [-0.1, -0.05) is 12.8 Å². The quantitative estimate of drug-likeness (QED) is 0.0629. The molecule has 2 atom stereocenters. The van der Waals surface area contributed by atoms with Crippen LogP contribution in [0.1, 0.15) is 25.7 Å². The van der Waals surface area contributed by atoms with Gasteiger partial charge < -0.3 is 40.0 Å². The predicted octanol–water partition coefficient (Wildman–Crippen LogP) is -1.89. The zero-order valence-corrected chi connectivity index (χ0v) is 26.6. The SMILES string of the molecule is O=C(O)CN(CCN(CP(=O)(O)O)[C@@H]1CCCC[C@H]1N(CCN(CC(=O)O)CC(=O)O)CP(=O)(O)O)CC(=O)O.[153Sm]. The van der Waals surface area contributed by atoms with Gasteiger partial charge in [-0.3, -0.25) is 47.9 Å². The molecule has 0 aliphatic heterocycles. The molecule has 8 N–H and O–H groups in total. The van der Waals surface area contributed by atoms with E-state index in [2.05, 4.69) is 0 Å². The van der Waals surface area contributed by atoms with Crippen molar-refractivity contribution in [1.82, 2.24) is 19.6 Å². The monoisotopic (exact) mass is 773 g/mol. The van der Waals surface area contributed by atoms with E-state index in [4.69, 9.17) is 20.4 Å². The van der Waals surface area contributed by atoms with Crippen molar-refractivity contribution in [3.63, 3.8) is 0 Å². The minimum absolute atomic E-state index is 0. The summed E-state index contributed by atoms with van der Waals surface area (Å²) in [6.45, 7) is -3.28. The van der Waals surface area contributed by atoms with E-state index in [1.807, 2.05) is 0 Å². The van der Waals surface area contributed by atoms with E-state index in [1.54, 1.807) is 0 Å². The maximum Gasteiger partial charge on any atom is 0.339 e. The van der Waals surface area contributed by atoms with Gasteiger partial charge in [0.15, 0.2) is 0 Å². The van der Waals surface area contributed by atoms with Gasteiger partial charge in [-0.15, -0.1) is 0 Å². The average Bonchev–Trinajstić information content (AvgIpc) is 2.76. The Kier molecular flexibility index (Phi) is 18.6. The minimum Gasteiger partial charge on any atom is -0.480 e. The van der Waals surface area contributed by atoms with Crippen LogP contribution in [0.2, 0.25) is 0 Å². The van der Waals surface area contributed by atoms with Crippen molar-refractivity contribution in [2.75, 3.05) is 64.9 Å². The maximum atomic E-state index is 12.0. The van der Waals surface area contributed by atoms with Crippen molar-refractivity contribution in [2.45, 2.75) is 37.8 Å². The molecule has 0 bridgehead atoms. The normalized spacial score (nSPS) is 18.0. The summed E-state index contributed by atoms with van der Waals surface area (Å²) in [5.74, 6) is -5.23. The van der Waals surface area contributed by atoms with Crippen molar-refractivity contribution in [3.8, 4) is 0 Å². The molecule has 1 aliphatic rings. The van der Waals surface area contributed by atoms with E-state index in [0.717, 1.165) is 9.80 Å². The number of hydrogen-bond acceptors (Lipinski definition) is 10. The number of carbonyl (C=O) groups is 4. The molecule has 0 saturated heterocycles. The van der Waals surface area contributed by atoms with Crippen LogP contribution in [0.5, 0.6) is 0 Å². The van der Waals surface area contributed by atoms with Crippen LogP contribution in [0.4, 0.5) is 0 Å². The van der Waals surface area contributed by atoms with E-state index in [0.29, 0.717) is 25.7 Å². The molecule has 21 heteroatoms. The fourth-order valence-electron chi connectivity index (χ4n) is 4.83. The van der Waals surface area contributed by atoms with Crippen LogP contribution in [0, 0.1) is 40.4 Å². The Balaban J connectivity index is 0.0000160. The molecule has 0 aromatic heterocycles. The summed E-state index contributed by atoms with van der Waals surface area (Å²) < 4.78 is 24.0. The Hall–Kier alpha value is -0.642. The summed E-state index contributed by atoms with van der Waals surface area (Å²) in [5.41, 5.74) is 0. The third-order valence-electron chi connectivity index (χ3n) is 6.21. The molecule has 1 rings (SSSR count). The van der Waals surface area contributed by atoms with Gasteiger partial charge in [0.05, 0.1) is 26.2 Å². The van der Waals surface area contributed by atoms with Crippen LogP contribution in [0.15, 0.2) is 0 Å². The van der Waals surface area contributed by atoms with E-state index in [1.165, 1.54) is 9.80 Å². The zero-order valence-electron chi connectivity index (χ0n) is 22.2. The third-order valence-corrected chi connectivity index (χ3v) is 7.67. The Morgan fingerprint density at radius 3 is 1.05 bits per heavy atom. The van der Waals surface area contributed by atoms with Crippen LogP contribution in [-0.4, -0.2) is 160 Å². The van der Waals surface area contributed by atoms with Crippen molar-refractivity contribution >= 4 is 39.1 Å². The Bertz CT molecular complexity index is 872. The van der Waals surface area contributed by atoms with Crippen molar-refractivity contribution < 1.29 is 109 Å². The fourth-order valence-corrected chi connectivity index (χ4v) is 6.48. The number of carboxylic acids is 4. The summed E-state index contributed by atoms with van der Waals surface area (Å²) in [4.78, 5) is 88.5. The average molecular weight is 773 g/mol. The molecular weight excluding hydrogens is 735 g/mol. The fraction of sp³-hybridized carbons (Fsp3) is 0.800. The number of hydrogen-bond donors (Lipinski definition) is 8. The molecule has 0 amide bonds. The molecule has 0 radical (unpaired) electrons. The van der Waals surface area contributed by atoms with Gasteiger partial charge in [-0.2, -0.15) is 0 Å². The molecule has 0 aromatic carbocycles. The van der Waals surface area contributed by atoms with Crippen LogP contribution < -0.4 is 0 Å². The van der Waals surface area contributed by atoms with E-state index in [-0.39, 0.29) is 66.6 Å².